The third-order valence-corrected chi connectivity index (χ3v) is 3.81. The van der Waals surface area contributed by atoms with Crippen LogP contribution < -0.4 is 5.73 Å². The van der Waals surface area contributed by atoms with E-state index in [0.717, 1.165) is 4.47 Å². The van der Waals surface area contributed by atoms with Crippen LogP contribution >= 0.6 is 15.9 Å². The van der Waals surface area contributed by atoms with E-state index in [1.54, 1.807) is 30.3 Å². The Morgan fingerprint density at radius 3 is 2.30 bits per heavy atom. The van der Waals surface area contributed by atoms with Crippen LogP contribution in [0.25, 0.3) is 0 Å². The van der Waals surface area contributed by atoms with Crippen LogP contribution in [0.2, 0.25) is 0 Å². The molecule has 20 heavy (non-hydrogen) atoms. The molecule has 1 unspecified atom stereocenters. The molecule has 1 atom stereocenters. The summed E-state index contributed by atoms with van der Waals surface area (Å²) < 4.78 is 28.2. The smallest absolute Gasteiger partial charge is 0.126 e. The van der Waals surface area contributed by atoms with E-state index in [2.05, 4.69) is 15.9 Å². The highest BCUT2D eigenvalue weighted by Crippen LogP contribution is 2.21. The van der Waals surface area contributed by atoms with Gasteiger partial charge in [-0.25, -0.2) is 8.78 Å². The second kappa shape index (κ2) is 6.95. The lowest BCUT2D eigenvalue weighted by Crippen LogP contribution is -2.20. The zero-order chi connectivity index (χ0) is 14.5. The maximum atomic E-state index is 13.7. The Bertz CT molecular complexity index is 586. The Kier molecular flexibility index (Phi) is 5.26. The van der Waals surface area contributed by atoms with Crippen LogP contribution in [-0.2, 0) is 12.8 Å². The minimum Gasteiger partial charge on any atom is -0.330 e. The summed E-state index contributed by atoms with van der Waals surface area (Å²) in [6.07, 6.45) is 1.01. The van der Waals surface area contributed by atoms with Gasteiger partial charge in [0.05, 0.1) is 0 Å². The van der Waals surface area contributed by atoms with Gasteiger partial charge < -0.3 is 5.73 Å². The highest BCUT2D eigenvalue weighted by Gasteiger charge is 2.14. The van der Waals surface area contributed by atoms with Crippen molar-refractivity contribution in [3.05, 3.63) is 69.7 Å². The molecule has 0 aliphatic carbocycles. The Morgan fingerprint density at radius 1 is 0.950 bits per heavy atom. The molecule has 0 saturated carbocycles. The molecule has 0 saturated heterocycles. The van der Waals surface area contributed by atoms with Crippen LogP contribution in [0.4, 0.5) is 8.78 Å². The SMILES string of the molecule is NCC(Cc1ccccc1F)Cc1cc(Br)ccc1F. The summed E-state index contributed by atoms with van der Waals surface area (Å²) in [6, 6.07) is 11.5. The van der Waals surface area contributed by atoms with Crippen LogP contribution in [0.15, 0.2) is 46.9 Å². The van der Waals surface area contributed by atoms with E-state index in [1.807, 2.05) is 0 Å². The van der Waals surface area contributed by atoms with Gasteiger partial charge in [0.15, 0.2) is 0 Å². The second-order valence-corrected chi connectivity index (χ2v) is 5.75. The number of nitrogens with two attached hydrogens (primary N) is 1. The standard InChI is InChI=1S/C16H16BrF2N/c17-14-5-6-16(19)13(9-14)8-11(10-20)7-12-3-1-2-4-15(12)18/h1-6,9,11H,7-8,10,20H2. The molecule has 1 nitrogen and oxygen atoms in total. The van der Waals surface area contributed by atoms with Gasteiger partial charge in [-0.2, -0.15) is 0 Å². The summed E-state index contributed by atoms with van der Waals surface area (Å²) >= 11 is 3.33. The van der Waals surface area contributed by atoms with Gasteiger partial charge in [0.1, 0.15) is 11.6 Å². The van der Waals surface area contributed by atoms with Gasteiger partial charge in [-0.3, -0.25) is 0 Å². The first-order valence-corrected chi connectivity index (χ1v) is 7.27. The lowest BCUT2D eigenvalue weighted by Gasteiger charge is -2.16. The molecule has 0 radical (unpaired) electrons. The van der Waals surface area contributed by atoms with Crippen LogP contribution in [0.5, 0.6) is 0 Å². The molecule has 2 N–H and O–H groups in total. The van der Waals surface area contributed by atoms with Gasteiger partial charge in [-0.15, -0.1) is 0 Å². The average molecular weight is 340 g/mol. The van der Waals surface area contributed by atoms with E-state index in [9.17, 15) is 8.78 Å². The highest BCUT2D eigenvalue weighted by atomic mass is 79.9. The summed E-state index contributed by atoms with van der Waals surface area (Å²) in [6.45, 7) is 0.389. The molecule has 2 rings (SSSR count). The molecule has 0 spiro atoms. The van der Waals surface area contributed by atoms with E-state index in [0.29, 0.717) is 30.5 Å². The van der Waals surface area contributed by atoms with Gasteiger partial charge in [0.2, 0.25) is 0 Å². The number of rotatable bonds is 5. The Labute approximate surface area is 125 Å². The molecule has 0 amide bonds. The molecule has 0 heterocycles. The van der Waals surface area contributed by atoms with E-state index in [-0.39, 0.29) is 17.6 Å². The molecule has 2 aromatic rings. The normalized spacial score (nSPS) is 12.4. The largest absolute Gasteiger partial charge is 0.330 e. The van der Waals surface area contributed by atoms with Crippen LogP contribution in [0, 0.1) is 17.6 Å². The first-order chi connectivity index (χ1) is 9.60. The average Bonchev–Trinajstić information content (AvgIpc) is 2.44. The summed E-state index contributed by atoms with van der Waals surface area (Å²) in [7, 11) is 0. The number of benzene rings is 2. The summed E-state index contributed by atoms with van der Waals surface area (Å²) in [5.41, 5.74) is 6.98. The Morgan fingerprint density at radius 2 is 1.60 bits per heavy atom. The predicted molar refractivity (Wildman–Crippen MR) is 80.5 cm³/mol. The molecular weight excluding hydrogens is 324 g/mol. The maximum Gasteiger partial charge on any atom is 0.126 e. The fourth-order valence-electron chi connectivity index (χ4n) is 2.22. The van der Waals surface area contributed by atoms with Crippen molar-refractivity contribution in [1.82, 2.24) is 0 Å². The van der Waals surface area contributed by atoms with Gasteiger partial charge in [-0.1, -0.05) is 34.1 Å². The summed E-state index contributed by atoms with van der Waals surface area (Å²) in [4.78, 5) is 0. The van der Waals surface area contributed by atoms with E-state index in [1.165, 1.54) is 12.1 Å². The number of hydrogen-bond acceptors (Lipinski definition) is 1. The highest BCUT2D eigenvalue weighted by molar-refractivity contribution is 9.10. The molecule has 0 bridgehead atoms. The van der Waals surface area contributed by atoms with Gasteiger partial charge >= 0.3 is 0 Å². The first-order valence-electron chi connectivity index (χ1n) is 6.47. The molecular formula is C16H16BrF2N. The summed E-state index contributed by atoms with van der Waals surface area (Å²) in [5, 5.41) is 0. The topological polar surface area (TPSA) is 26.0 Å². The van der Waals surface area contributed by atoms with E-state index in [4.69, 9.17) is 5.73 Å². The molecule has 0 aromatic heterocycles. The minimum atomic E-state index is -0.250. The molecule has 106 valence electrons. The maximum absolute atomic E-state index is 13.7. The fraction of sp³-hybridized carbons (Fsp3) is 0.250. The molecule has 0 fully saturated rings. The van der Waals surface area contributed by atoms with Crippen molar-refractivity contribution in [2.45, 2.75) is 12.8 Å². The monoisotopic (exact) mass is 339 g/mol. The molecule has 2 aromatic carbocycles. The van der Waals surface area contributed by atoms with Crippen molar-refractivity contribution >= 4 is 15.9 Å². The van der Waals surface area contributed by atoms with Crippen molar-refractivity contribution in [2.75, 3.05) is 6.54 Å². The molecule has 0 aliphatic heterocycles. The lowest BCUT2D eigenvalue weighted by atomic mass is 9.92. The number of hydrogen-bond donors (Lipinski definition) is 1. The van der Waals surface area contributed by atoms with Gasteiger partial charge in [0, 0.05) is 4.47 Å². The number of halogens is 3. The van der Waals surface area contributed by atoms with E-state index >= 15 is 0 Å². The van der Waals surface area contributed by atoms with E-state index < -0.39 is 0 Å². The quantitative estimate of drug-likeness (QED) is 0.872. The Balaban J connectivity index is 2.13. The van der Waals surface area contributed by atoms with Crippen molar-refractivity contribution in [3.8, 4) is 0 Å². The van der Waals surface area contributed by atoms with Crippen molar-refractivity contribution in [2.24, 2.45) is 11.7 Å². The van der Waals surface area contributed by atoms with Crippen LogP contribution in [0.1, 0.15) is 11.1 Å². The van der Waals surface area contributed by atoms with Crippen LogP contribution in [0.3, 0.4) is 0 Å². The third kappa shape index (κ3) is 3.87. The molecule has 4 heteroatoms. The predicted octanol–water partition coefficient (Wildman–Crippen LogP) is 4.09. The fourth-order valence-corrected chi connectivity index (χ4v) is 2.63. The van der Waals surface area contributed by atoms with Crippen molar-refractivity contribution < 1.29 is 8.78 Å². The third-order valence-electron chi connectivity index (χ3n) is 3.32. The Hall–Kier alpha value is -1.26. The zero-order valence-electron chi connectivity index (χ0n) is 11.0. The lowest BCUT2D eigenvalue weighted by molar-refractivity contribution is 0.497. The zero-order valence-corrected chi connectivity index (χ0v) is 12.5. The first kappa shape index (κ1) is 15.1. The van der Waals surface area contributed by atoms with Crippen molar-refractivity contribution in [1.29, 1.82) is 0 Å². The van der Waals surface area contributed by atoms with Gasteiger partial charge in [-0.05, 0) is 60.7 Å². The minimum absolute atomic E-state index is 0.00991. The second-order valence-electron chi connectivity index (χ2n) is 4.84. The van der Waals surface area contributed by atoms with Crippen molar-refractivity contribution in [3.63, 3.8) is 0 Å². The van der Waals surface area contributed by atoms with Gasteiger partial charge in [0.25, 0.3) is 0 Å². The molecule has 0 aliphatic rings. The van der Waals surface area contributed by atoms with Crippen LogP contribution in [-0.4, -0.2) is 6.54 Å². The summed E-state index contributed by atoms with van der Waals surface area (Å²) in [5.74, 6) is -0.475.